The molecule has 8 heteroatoms. The second-order valence-corrected chi connectivity index (χ2v) is 6.01. The van der Waals surface area contributed by atoms with Crippen LogP contribution >= 0.6 is 0 Å². The van der Waals surface area contributed by atoms with E-state index < -0.39 is 18.8 Å². The number of hydrogen-bond donors (Lipinski definition) is 2. The van der Waals surface area contributed by atoms with E-state index in [1.165, 1.54) is 5.56 Å². The van der Waals surface area contributed by atoms with Gasteiger partial charge in [0.25, 0.3) is 0 Å². The highest BCUT2D eigenvalue weighted by Gasteiger charge is 2.38. The van der Waals surface area contributed by atoms with E-state index in [4.69, 9.17) is 5.11 Å². The second kappa shape index (κ2) is 6.00. The van der Waals surface area contributed by atoms with Gasteiger partial charge in [-0.15, -0.1) is 5.10 Å². The number of aromatic nitrogens is 2. The number of fused-ring (bicyclic) bond motifs is 1. The molecule has 0 saturated carbocycles. The zero-order valence-corrected chi connectivity index (χ0v) is 12.1. The van der Waals surface area contributed by atoms with Crippen LogP contribution in [0, 0.1) is 5.92 Å². The Morgan fingerprint density at radius 1 is 1.32 bits per heavy atom. The molecule has 1 saturated heterocycles. The van der Waals surface area contributed by atoms with E-state index >= 15 is 0 Å². The van der Waals surface area contributed by atoms with Gasteiger partial charge < -0.3 is 15.3 Å². The SMILES string of the molecule is OC(CNCC1CN(c2cc3c(nn2)CCC3)C1)C(F)(F)F. The van der Waals surface area contributed by atoms with Crippen molar-refractivity contribution in [2.75, 3.05) is 31.1 Å². The normalized spacial score (nSPS) is 19.9. The van der Waals surface area contributed by atoms with Gasteiger partial charge in [0.15, 0.2) is 11.9 Å². The minimum atomic E-state index is -4.56. The van der Waals surface area contributed by atoms with E-state index in [0.717, 1.165) is 43.9 Å². The van der Waals surface area contributed by atoms with Crippen molar-refractivity contribution >= 4 is 5.82 Å². The lowest BCUT2D eigenvalue weighted by Crippen LogP contribution is -2.52. The number of nitrogens with one attached hydrogen (secondary N) is 1. The third-order valence-corrected chi connectivity index (χ3v) is 4.24. The van der Waals surface area contributed by atoms with E-state index in [1.807, 2.05) is 0 Å². The van der Waals surface area contributed by atoms with Crippen LogP contribution in [-0.2, 0) is 12.8 Å². The van der Waals surface area contributed by atoms with Crippen LogP contribution < -0.4 is 10.2 Å². The molecule has 122 valence electrons. The van der Waals surface area contributed by atoms with Crippen LogP contribution in [0.1, 0.15) is 17.7 Å². The standard InChI is InChI=1S/C14H19F3N4O/c15-14(16,17)12(22)6-18-5-9-7-21(8-9)13-4-10-2-1-3-11(10)19-20-13/h4,9,12,18,22H,1-3,5-8H2. The Kier molecular flexibility index (Phi) is 4.22. The van der Waals surface area contributed by atoms with Crippen molar-refractivity contribution in [3.8, 4) is 0 Å². The van der Waals surface area contributed by atoms with Crippen LogP contribution in [0.2, 0.25) is 0 Å². The Morgan fingerprint density at radius 3 is 2.82 bits per heavy atom. The van der Waals surface area contributed by atoms with Crippen molar-refractivity contribution in [1.29, 1.82) is 0 Å². The molecular formula is C14H19F3N4O. The molecule has 2 aliphatic rings. The van der Waals surface area contributed by atoms with Gasteiger partial charge in [0.2, 0.25) is 0 Å². The maximum atomic E-state index is 12.1. The molecule has 3 rings (SSSR count). The van der Waals surface area contributed by atoms with Gasteiger partial charge in [0.1, 0.15) is 0 Å². The number of alkyl halides is 3. The van der Waals surface area contributed by atoms with E-state index in [-0.39, 0.29) is 5.92 Å². The fourth-order valence-corrected chi connectivity index (χ4v) is 2.90. The van der Waals surface area contributed by atoms with Crippen molar-refractivity contribution in [2.24, 2.45) is 5.92 Å². The molecule has 2 heterocycles. The molecule has 1 aromatic heterocycles. The van der Waals surface area contributed by atoms with Crippen molar-refractivity contribution < 1.29 is 18.3 Å². The summed E-state index contributed by atoms with van der Waals surface area (Å²) in [6.45, 7) is 1.51. The van der Waals surface area contributed by atoms with Gasteiger partial charge in [0, 0.05) is 32.1 Å². The molecule has 1 unspecified atom stereocenters. The summed E-state index contributed by atoms with van der Waals surface area (Å²) in [5.74, 6) is 1.13. The minimum Gasteiger partial charge on any atom is -0.382 e. The smallest absolute Gasteiger partial charge is 0.382 e. The fourth-order valence-electron chi connectivity index (χ4n) is 2.90. The molecule has 2 N–H and O–H groups in total. The van der Waals surface area contributed by atoms with Gasteiger partial charge in [-0.3, -0.25) is 0 Å². The summed E-state index contributed by atoms with van der Waals surface area (Å²) in [4.78, 5) is 2.08. The molecule has 5 nitrogen and oxygen atoms in total. The first-order chi connectivity index (χ1) is 10.4. The van der Waals surface area contributed by atoms with E-state index in [0.29, 0.717) is 6.54 Å². The Bertz CT molecular complexity index is 531. The highest BCUT2D eigenvalue weighted by atomic mass is 19.4. The molecule has 1 aliphatic heterocycles. The van der Waals surface area contributed by atoms with Gasteiger partial charge in [-0.25, -0.2) is 0 Å². The molecule has 22 heavy (non-hydrogen) atoms. The number of hydrogen-bond acceptors (Lipinski definition) is 5. The van der Waals surface area contributed by atoms with Gasteiger partial charge >= 0.3 is 6.18 Å². The molecule has 1 fully saturated rings. The van der Waals surface area contributed by atoms with Gasteiger partial charge in [-0.2, -0.15) is 18.3 Å². The summed E-state index contributed by atoms with van der Waals surface area (Å²) in [5, 5.41) is 20.0. The largest absolute Gasteiger partial charge is 0.415 e. The molecule has 0 aromatic carbocycles. The molecule has 0 spiro atoms. The van der Waals surface area contributed by atoms with Crippen LogP contribution in [0.15, 0.2) is 6.07 Å². The Hall–Kier alpha value is -1.41. The first-order valence-corrected chi connectivity index (χ1v) is 7.49. The Morgan fingerprint density at radius 2 is 2.09 bits per heavy atom. The number of rotatable bonds is 5. The number of nitrogens with zero attached hydrogens (tertiary/aromatic N) is 3. The summed E-state index contributed by atoms with van der Waals surface area (Å²) < 4.78 is 36.4. The van der Waals surface area contributed by atoms with Crippen LogP contribution in [0.4, 0.5) is 19.0 Å². The summed E-state index contributed by atoms with van der Waals surface area (Å²) in [7, 11) is 0. The summed E-state index contributed by atoms with van der Waals surface area (Å²) in [6.07, 6.45) is -3.69. The van der Waals surface area contributed by atoms with Crippen molar-refractivity contribution in [2.45, 2.75) is 31.5 Å². The maximum Gasteiger partial charge on any atom is 0.415 e. The minimum absolute atomic E-state index is 0.274. The third-order valence-electron chi connectivity index (χ3n) is 4.24. The van der Waals surface area contributed by atoms with Crippen LogP contribution in [0.25, 0.3) is 0 Å². The van der Waals surface area contributed by atoms with E-state index in [9.17, 15) is 13.2 Å². The monoisotopic (exact) mass is 316 g/mol. The number of aliphatic hydroxyl groups excluding tert-OH is 1. The first-order valence-electron chi connectivity index (χ1n) is 7.49. The second-order valence-electron chi connectivity index (χ2n) is 6.01. The number of anilines is 1. The quantitative estimate of drug-likeness (QED) is 0.846. The van der Waals surface area contributed by atoms with Gasteiger partial charge in [0.05, 0.1) is 5.69 Å². The maximum absolute atomic E-state index is 12.1. The first kappa shape index (κ1) is 15.5. The molecule has 1 aromatic rings. The lowest BCUT2D eigenvalue weighted by Gasteiger charge is -2.40. The van der Waals surface area contributed by atoms with Gasteiger partial charge in [-0.05, 0) is 30.9 Å². The highest BCUT2D eigenvalue weighted by molar-refractivity contribution is 5.45. The molecule has 0 bridgehead atoms. The van der Waals surface area contributed by atoms with Crippen LogP contribution in [0.5, 0.6) is 0 Å². The average Bonchev–Trinajstić information content (AvgIpc) is 2.87. The van der Waals surface area contributed by atoms with Crippen molar-refractivity contribution in [3.63, 3.8) is 0 Å². The zero-order chi connectivity index (χ0) is 15.7. The lowest BCUT2D eigenvalue weighted by molar-refractivity contribution is -0.201. The van der Waals surface area contributed by atoms with Crippen molar-refractivity contribution in [3.05, 3.63) is 17.3 Å². The Labute approximate surface area is 126 Å². The van der Waals surface area contributed by atoms with Crippen molar-refractivity contribution in [1.82, 2.24) is 15.5 Å². The third kappa shape index (κ3) is 3.33. The highest BCUT2D eigenvalue weighted by Crippen LogP contribution is 2.27. The number of aliphatic hydroxyl groups is 1. The predicted molar refractivity (Wildman–Crippen MR) is 74.7 cm³/mol. The molecule has 0 radical (unpaired) electrons. The molecule has 1 aliphatic carbocycles. The topological polar surface area (TPSA) is 61.3 Å². The van der Waals surface area contributed by atoms with E-state index in [2.05, 4.69) is 26.5 Å². The fraction of sp³-hybridized carbons (Fsp3) is 0.714. The summed E-state index contributed by atoms with van der Waals surface area (Å²) in [5.41, 5.74) is 2.35. The van der Waals surface area contributed by atoms with E-state index in [1.54, 1.807) is 0 Å². The van der Waals surface area contributed by atoms with Crippen LogP contribution in [0.3, 0.4) is 0 Å². The number of aryl methyl sites for hydroxylation is 2. The average molecular weight is 316 g/mol. The predicted octanol–water partition coefficient (Wildman–Crippen LogP) is 0.914. The molecule has 1 atom stereocenters. The summed E-state index contributed by atoms with van der Waals surface area (Å²) >= 11 is 0. The zero-order valence-electron chi connectivity index (χ0n) is 12.1. The summed E-state index contributed by atoms with van der Waals surface area (Å²) in [6, 6.07) is 2.08. The van der Waals surface area contributed by atoms with Gasteiger partial charge in [-0.1, -0.05) is 0 Å². The molecule has 0 amide bonds. The van der Waals surface area contributed by atoms with Crippen LogP contribution in [-0.4, -0.2) is 53.8 Å². The molecular weight excluding hydrogens is 297 g/mol. The lowest BCUT2D eigenvalue weighted by atomic mass is 10.00. The Balaban J connectivity index is 1.41. The number of halogens is 3.